The molecule has 0 amide bonds. The first-order valence-corrected chi connectivity index (χ1v) is 12.5. The van der Waals surface area contributed by atoms with E-state index in [-0.39, 0.29) is 24.5 Å². The molecule has 2 aromatic carbocycles. The Morgan fingerprint density at radius 2 is 1.92 bits per heavy atom. The molecule has 192 valence electrons. The minimum absolute atomic E-state index is 0.167. The van der Waals surface area contributed by atoms with Crippen LogP contribution >= 0.6 is 11.3 Å². The molecule has 2 aliphatic heterocycles. The second-order valence-corrected chi connectivity index (χ2v) is 9.48. The maximum absolute atomic E-state index is 13.9. The minimum Gasteiger partial charge on any atom is -0.497 e. The number of hydrogen-bond donors (Lipinski definition) is 0. The van der Waals surface area contributed by atoms with Crippen LogP contribution in [0.1, 0.15) is 36.6 Å². The zero-order valence-electron chi connectivity index (χ0n) is 21.1. The molecule has 0 unspecified atom stereocenters. The molecule has 0 aliphatic carbocycles. The smallest absolute Gasteiger partial charge is 0.338 e. The fourth-order valence-electron chi connectivity index (χ4n) is 4.49. The standard InChI is InChI=1S/C27H26N2O7S/c1-6-34-26(31)23-15(3)28-27-29(24(23)18-8-7-17(32-4)12-19(18)33-5)25(30)22(37-27)11-16-10-21-20(9-14(16)2)35-13-36-21/h7-12,24H,6,13H2,1-5H3/t24-/m1/s1. The number of hydrogen-bond acceptors (Lipinski definition) is 9. The topological polar surface area (TPSA) is 97.6 Å². The molecular weight excluding hydrogens is 496 g/mol. The third-order valence-corrected chi connectivity index (χ3v) is 7.28. The average Bonchev–Trinajstić information content (AvgIpc) is 3.46. The molecule has 0 radical (unpaired) electrons. The van der Waals surface area contributed by atoms with Crippen LogP contribution in [-0.2, 0) is 9.53 Å². The van der Waals surface area contributed by atoms with Gasteiger partial charge in [-0.2, -0.15) is 0 Å². The van der Waals surface area contributed by atoms with Crippen LogP contribution in [0.25, 0.3) is 6.08 Å². The average molecular weight is 523 g/mol. The van der Waals surface area contributed by atoms with Crippen LogP contribution in [0, 0.1) is 6.92 Å². The first-order valence-electron chi connectivity index (χ1n) is 11.7. The number of thiazole rings is 1. The van der Waals surface area contributed by atoms with E-state index in [1.165, 1.54) is 23.0 Å². The molecule has 3 heterocycles. The summed E-state index contributed by atoms with van der Waals surface area (Å²) in [5.41, 5.74) is 2.86. The molecule has 5 rings (SSSR count). The Balaban J connectivity index is 1.74. The van der Waals surface area contributed by atoms with E-state index in [0.717, 1.165) is 11.1 Å². The highest BCUT2D eigenvalue weighted by Gasteiger charge is 2.35. The van der Waals surface area contributed by atoms with Crippen LogP contribution in [0.3, 0.4) is 0 Å². The van der Waals surface area contributed by atoms with Gasteiger partial charge in [0.15, 0.2) is 16.3 Å². The van der Waals surface area contributed by atoms with Gasteiger partial charge in [-0.25, -0.2) is 9.79 Å². The van der Waals surface area contributed by atoms with Gasteiger partial charge in [0.05, 0.1) is 36.6 Å². The number of ether oxygens (including phenoxy) is 5. The predicted molar refractivity (Wildman–Crippen MR) is 137 cm³/mol. The summed E-state index contributed by atoms with van der Waals surface area (Å²) in [6.07, 6.45) is 1.81. The maximum atomic E-state index is 13.9. The Hall–Kier alpha value is -4.05. The molecule has 0 saturated heterocycles. The monoisotopic (exact) mass is 522 g/mol. The van der Waals surface area contributed by atoms with Crippen molar-refractivity contribution in [1.29, 1.82) is 0 Å². The summed E-state index contributed by atoms with van der Waals surface area (Å²) in [7, 11) is 3.09. The lowest BCUT2D eigenvalue weighted by Crippen LogP contribution is -2.40. The van der Waals surface area contributed by atoms with E-state index in [1.807, 2.05) is 25.1 Å². The van der Waals surface area contributed by atoms with Gasteiger partial charge in [-0.15, -0.1) is 0 Å². The van der Waals surface area contributed by atoms with Gasteiger partial charge in [0.1, 0.15) is 17.5 Å². The van der Waals surface area contributed by atoms with Crippen molar-refractivity contribution in [3.8, 4) is 23.0 Å². The highest BCUT2D eigenvalue weighted by Crippen LogP contribution is 2.38. The Bertz CT molecular complexity index is 1620. The van der Waals surface area contributed by atoms with E-state index in [1.54, 1.807) is 39.2 Å². The second kappa shape index (κ2) is 9.78. The van der Waals surface area contributed by atoms with Crippen molar-refractivity contribution < 1.29 is 28.5 Å². The number of methoxy groups -OCH3 is 2. The second-order valence-electron chi connectivity index (χ2n) is 8.47. The highest BCUT2D eigenvalue weighted by molar-refractivity contribution is 7.07. The molecule has 0 bridgehead atoms. The molecule has 10 heteroatoms. The molecule has 1 aromatic heterocycles. The lowest BCUT2D eigenvalue weighted by atomic mass is 9.95. The normalized spacial score (nSPS) is 16.4. The third-order valence-electron chi connectivity index (χ3n) is 6.30. The number of rotatable bonds is 6. The fraction of sp³-hybridized carbons (Fsp3) is 0.296. The van der Waals surface area contributed by atoms with Gasteiger partial charge >= 0.3 is 5.97 Å². The van der Waals surface area contributed by atoms with Gasteiger partial charge in [0.2, 0.25) is 6.79 Å². The number of carbonyl (C=O) groups is 1. The summed E-state index contributed by atoms with van der Waals surface area (Å²) < 4.78 is 29.3. The SMILES string of the molecule is CCOC(=O)C1=C(C)N=c2sc(=Cc3cc4c(cc3C)OCO4)c(=O)n2[C@@H]1c1ccc(OC)cc1OC. The number of fused-ring (bicyclic) bond motifs is 2. The van der Waals surface area contributed by atoms with Crippen LogP contribution in [-0.4, -0.2) is 38.2 Å². The van der Waals surface area contributed by atoms with Crippen molar-refractivity contribution in [3.63, 3.8) is 0 Å². The van der Waals surface area contributed by atoms with Crippen LogP contribution in [0.15, 0.2) is 51.4 Å². The van der Waals surface area contributed by atoms with Crippen LogP contribution in [0.4, 0.5) is 0 Å². The van der Waals surface area contributed by atoms with E-state index in [9.17, 15) is 9.59 Å². The quantitative estimate of drug-likeness (QED) is 0.459. The predicted octanol–water partition coefficient (Wildman–Crippen LogP) is 2.85. The third kappa shape index (κ3) is 4.27. The van der Waals surface area contributed by atoms with Gasteiger partial charge in [-0.05, 0) is 62.2 Å². The molecule has 0 fully saturated rings. The van der Waals surface area contributed by atoms with Crippen LogP contribution in [0.2, 0.25) is 0 Å². The molecule has 9 nitrogen and oxygen atoms in total. The van der Waals surface area contributed by atoms with Crippen LogP contribution in [0.5, 0.6) is 23.0 Å². The van der Waals surface area contributed by atoms with Crippen molar-refractivity contribution in [2.45, 2.75) is 26.8 Å². The fourth-order valence-corrected chi connectivity index (χ4v) is 5.52. The van der Waals surface area contributed by atoms with Crippen molar-refractivity contribution in [2.75, 3.05) is 27.6 Å². The molecular formula is C27H26N2O7S. The van der Waals surface area contributed by atoms with Crippen molar-refractivity contribution in [2.24, 2.45) is 4.99 Å². The molecule has 37 heavy (non-hydrogen) atoms. The summed E-state index contributed by atoms with van der Waals surface area (Å²) in [5, 5.41) is 0. The molecule has 0 N–H and O–H groups in total. The Morgan fingerprint density at radius 1 is 1.16 bits per heavy atom. The molecule has 0 saturated carbocycles. The van der Waals surface area contributed by atoms with Crippen molar-refractivity contribution in [1.82, 2.24) is 4.57 Å². The summed E-state index contributed by atoms with van der Waals surface area (Å²) in [4.78, 5) is 32.1. The Kier molecular flexibility index (Phi) is 6.51. The zero-order chi connectivity index (χ0) is 26.3. The lowest BCUT2D eigenvalue weighted by molar-refractivity contribution is -0.139. The zero-order valence-corrected chi connectivity index (χ0v) is 21.9. The number of benzene rings is 2. The van der Waals surface area contributed by atoms with Gasteiger partial charge in [0, 0.05) is 11.6 Å². The number of carbonyl (C=O) groups excluding carboxylic acids is 1. The number of esters is 1. The number of allylic oxidation sites excluding steroid dienone is 1. The molecule has 3 aromatic rings. The summed E-state index contributed by atoms with van der Waals surface area (Å²) in [6.45, 7) is 5.78. The van der Waals surface area contributed by atoms with E-state index in [2.05, 4.69) is 4.99 Å². The largest absolute Gasteiger partial charge is 0.497 e. The van der Waals surface area contributed by atoms with Gasteiger partial charge in [-0.1, -0.05) is 11.3 Å². The summed E-state index contributed by atoms with van der Waals surface area (Å²) in [5.74, 6) is 1.84. The van der Waals surface area contributed by atoms with E-state index in [0.29, 0.717) is 43.6 Å². The first kappa shape index (κ1) is 24.6. The van der Waals surface area contributed by atoms with Gasteiger partial charge in [0.25, 0.3) is 5.56 Å². The van der Waals surface area contributed by atoms with E-state index in [4.69, 9.17) is 23.7 Å². The lowest BCUT2D eigenvalue weighted by Gasteiger charge is -2.26. The van der Waals surface area contributed by atoms with Crippen LogP contribution < -0.4 is 33.8 Å². The first-order chi connectivity index (χ1) is 17.9. The molecule has 1 atom stereocenters. The van der Waals surface area contributed by atoms with E-state index >= 15 is 0 Å². The molecule has 0 spiro atoms. The van der Waals surface area contributed by atoms with Crippen molar-refractivity contribution in [3.05, 3.63) is 78.0 Å². The number of nitrogens with zero attached hydrogens (tertiary/aromatic N) is 2. The van der Waals surface area contributed by atoms with E-state index < -0.39 is 12.0 Å². The van der Waals surface area contributed by atoms with Gasteiger partial charge < -0.3 is 23.7 Å². The van der Waals surface area contributed by atoms with Crippen molar-refractivity contribution >= 4 is 23.4 Å². The Labute approximate surface area is 216 Å². The highest BCUT2D eigenvalue weighted by atomic mass is 32.1. The van der Waals surface area contributed by atoms with Gasteiger partial charge in [-0.3, -0.25) is 9.36 Å². The minimum atomic E-state index is -0.795. The summed E-state index contributed by atoms with van der Waals surface area (Å²) >= 11 is 1.25. The maximum Gasteiger partial charge on any atom is 0.338 e. The Morgan fingerprint density at radius 3 is 2.62 bits per heavy atom. The summed E-state index contributed by atoms with van der Waals surface area (Å²) in [6, 6.07) is 8.23. The number of aromatic nitrogens is 1. The molecule has 2 aliphatic rings. The number of aryl methyl sites for hydroxylation is 1.